The molecule has 8 nitrogen and oxygen atoms in total. The van der Waals surface area contributed by atoms with Crippen molar-refractivity contribution in [1.82, 2.24) is 19.3 Å². The molecule has 1 aromatic carbocycles. The molecule has 3 aromatic rings. The third-order valence-electron chi connectivity index (χ3n) is 5.67. The van der Waals surface area contributed by atoms with E-state index in [1.54, 1.807) is 9.25 Å². The topological polar surface area (TPSA) is 85.0 Å². The number of aromatic nitrogens is 4. The van der Waals surface area contributed by atoms with Gasteiger partial charge in [-0.15, -0.1) is 0 Å². The SMILES string of the molecule is Cc1cc(NC(=O)CCn2c(=O)c(N3CCCCC3)nc3ccccc32)n(C(C)C)n1. The first-order chi connectivity index (χ1) is 14.9. The summed E-state index contributed by atoms with van der Waals surface area (Å²) in [4.78, 5) is 32.8. The van der Waals surface area contributed by atoms with Gasteiger partial charge >= 0.3 is 0 Å². The summed E-state index contributed by atoms with van der Waals surface area (Å²) in [5.41, 5.74) is 2.25. The zero-order valence-electron chi connectivity index (χ0n) is 18.5. The van der Waals surface area contributed by atoms with Crippen LogP contribution in [0.2, 0.25) is 0 Å². The summed E-state index contributed by atoms with van der Waals surface area (Å²) in [6.07, 6.45) is 3.51. The first kappa shape index (κ1) is 21.1. The number of nitrogens with one attached hydrogen (secondary N) is 1. The van der Waals surface area contributed by atoms with Crippen molar-refractivity contribution < 1.29 is 4.79 Å². The molecule has 4 rings (SSSR count). The van der Waals surface area contributed by atoms with Gasteiger partial charge in [0.05, 0.1) is 16.7 Å². The van der Waals surface area contributed by atoms with Crippen LogP contribution in [0, 0.1) is 6.92 Å². The Labute approximate surface area is 181 Å². The normalized spacial score (nSPS) is 14.4. The summed E-state index contributed by atoms with van der Waals surface area (Å²) >= 11 is 0. The number of fused-ring (bicyclic) bond motifs is 1. The van der Waals surface area contributed by atoms with Crippen molar-refractivity contribution in [2.45, 2.75) is 59.0 Å². The lowest BCUT2D eigenvalue weighted by atomic mass is 10.1. The van der Waals surface area contributed by atoms with Crippen molar-refractivity contribution in [3.05, 3.63) is 46.4 Å². The summed E-state index contributed by atoms with van der Waals surface area (Å²) in [5, 5.41) is 7.38. The third kappa shape index (κ3) is 4.47. The summed E-state index contributed by atoms with van der Waals surface area (Å²) in [7, 11) is 0. The molecule has 1 saturated heterocycles. The van der Waals surface area contributed by atoms with E-state index in [-0.39, 0.29) is 23.9 Å². The summed E-state index contributed by atoms with van der Waals surface area (Å²) in [6, 6.07) is 9.63. The maximum Gasteiger partial charge on any atom is 0.294 e. The zero-order chi connectivity index (χ0) is 22.0. The molecule has 0 saturated carbocycles. The van der Waals surface area contributed by atoms with Crippen LogP contribution < -0.4 is 15.8 Å². The summed E-state index contributed by atoms with van der Waals surface area (Å²) in [5.74, 6) is 1.03. The minimum atomic E-state index is -0.144. The lowest BCUT2D eigenvalue weighted by Crippen LogP contribution is -2.37. The minimum absolute atomic E-state index is 0.128. The molecule has 1 aliphatic heterocycles. The molecular weight excluding hydrogens is 392 g/mol. The Kier molecular flexibility index (Phi) is 6.06. The second-order valence-electron chi connectivity index (χ2n) is 8.44. The van der Waals surface area contributed by atoms with Crippen molar-refractivity contribution in [2.24, 2.45) is 0 Å². The quantitative estimate of drug-likeness (QED) is 0.657. The molecule has 0 atom stereocenters. The van der Waals surface area contributed by atoms with Crippen molar-refractivity contribution in [3.63, 3.8) is 0 Å². The number of rotatable bonds is 6. The lowest BCUT2D eigenvalue weighted by Gasteiger charge is -2.27. The zero-order valence-corrected chi connectivity index (χ0v) is 18.5. The minimum Gasteiger partial charge on any atom is -0.352 e. The fraction of sp³-hybridized carbons (Fsp3) is 0.478. The van der Waals surface area contributed by atoms with E-state index in [0.717, 1.165) is 42.7 Å². The first-order valence-electron chi connectivity index (χ1n) is 11.0. The Morgan fingerprint density at radius 1 is 1.16 bits per heavy atom. The maximum atomic E-state index is 13.3. The highest BCUT2D eigenvalue weighted by molar-refractivity contribution is 5.90. The van der Waals surface area contributed by atoms with Gasteiger partial charge in [-0.05, 0) is 52.2 Å². The maximum absolute atomic E-state index is 13.3. The van der Waals surface area contributed by atoms with Crippen LogP contribution in [0.25, 0.3) is 11.0 Å². The van der Waals surface area contributed by atoms with E-state index in [4.69, 9.17) is 0 Å². The molecule has 1 fully saturated rings. The van der Waals surface area contributed by atoms with E-state index in [0.29, 0.717) is 18.2 Å². The number of piperidine rings is 1. The standard InChI is InChI=1S/C23H30N6O2/c1-16(2)29-20(15-17(3)26-29)25-21(30)11-14-28-19-10-6-5-9-18(19)24-22(23(28)31)27-12-7-4-8-13-27/h5-6,9-10,15-16H,4,7-8,11-14H2,1-3H3,(H,25,30). The Morgan fingerprint density at radius 3 is 2.65 bits per heavy atom. The second kappa shape index (κ2) is 8.91. The number of carbonyl (C=O) groups excluding carboxylic acids is 1. The van der Waals surface area contributed by atoms with Crippen LogP contribution in [-0.4, -0.2) is 38.3 Å². The van der Waals surface area contributed by atoms with Crippen LogP contribution in [-0.2, 0) is 11.3 Å². The van der Waals surface area contributed by atoms with E-state index in [1.165, 1.54) is 6.42 Å². The molecule has 1 amide bonds. The molecule has 0 unspecified atom stereocenters. The molecule has 31 heavy (non-hydrogen) atoms. The van der Waals surface area contributed by atoms with E-state index in [2.05, 4.69) is 20.3 Å². The first-order valence-corrected chi connectivity index (χ1v) is 11.0. The summed E-state index contributed by atoms with van der Waals surface area (Å²) < 4.78 is 3.49. The van der Waals surface area contributed by atoms with Gasteiger partial charge in [0, 0.05) is 38.2 Å². The molecule has 1 aliphatic rings. The van der Waals surface area contributed by atoms with E-state index in [1.807, 2.05) is 51.1 Å². The molecular formula is C23H30N6O2. The van der Waals surface area contributed by atoms with E-state index < -0.39 is 0 Å². The number of anilines is 2. The largest absolute Gasteiger partial charge is 0.352 e. The van der Waals surface area contributed by atoms with Crippen molar-refractivity contribution in [2.75, 3.05) is 23.3 Å². The van der Waals surface area contributed by atoms with Crippen LogP contribution in [0.3, 0.4) is 0 Å². The number of amides is 1. The molecule has 0 spiro atoms. The smallest absolute Gasteiger partial charge is 0.294 e. The molecule has 2 aromatic heterocycles. The Bertz CT molecular complexity index is 1140. The summed E-state index contributed by atoms with van der Waals surface area (Å²) in [6.45, 7) is 7.93. The highest BCUT2D eigenvalue weighted by Crippen LogP contribution is 2.19. The van der Waals surface area contributed by atoms with Gasteiger partial charge in [-0.25, -0.2) is 9.67 Å². The number of para-hydroxylation sites is 2. The van der Waals surface area contributed by atoms with Crippen molar-refractivity contribution in [1.29, 1.82) is 0 Å². The van der Waals surface area contributed by atoms with Crippen molar-refractivity contribution in [3.8, 4) is 0 Å². The molecule has 8 heteroatoms. The molecule has 0 radical (unpaired) electrons. The van der Waals surface area contributed by atoms with E-state index >= 15 is 0 Å². The van der Waals surface area contributed by atoms with Crippen LogP contribution in [0.15, 0.2) is 35.1 Å². The predicted molar refractivity (Wildman–Crippen MR) is 123 cm³/mol. The van der Waals surface area contributed by atoms with Crippen LogP contribution in [0.1, 0.15) is 51.3 Å². The Hall–Kier alpha value is -3.16. The van der Waals surface area contributed by atoms with Gasteiger partial charge < -0.3 is 14.8 Å². The van der Waals surface area contributed by atoms with Gasteiger partial charge in [0.2, 0.25) is 5.91 Å². The number of aryl methyl sites for hydroxylation is 2. The number of benzene rings is 1. The predicted octanol–water partition coefficient (Wildman–Crippen LogP) is 3.50. The average molecular weight is 423 g/mol. The molecule has 164 valence electrons. The monoisotopic (exact) mass is 422 g/mol. The van der Waals surface area contributed by atoms with Gasteiger partial charge in [-0.2, -0.15) is 5.10 Å². The fourth-order valence-corrected chi connectivity index (χ4v) is 4.14. The van der Waals surface area contributed by atoms with Gasteiger partial charge in [-0.3, -0.25) is 9.59 Å². The molecule has 3 heterocycles. The number of hydrogen-bond acceptors (Lipinski definition) is 5. The fourth-order valence-electron chi connectivity index (χ4n) is 4.14. The van der Waals surface area contributed by atoms with Gasteiger partial charge in [-0.1, -0.05) is 12.1 Å². The van der Waals surface area contributed by atoms with Gasteiger partial charge in [0.1, 0.15) is 5.82 Å². The number of nitrogens with zero attached hydrogens (tertiary/aromatic N) is 5. The van der Waals surface area contributed by atoms with Crippen LogP contribution in [0.4, 0.5) is 11.6 Å². The van der Waals surface area contributed by atoms with Crippen LogP contribution >= 0.6 is 0 Å². The molecule has 1 N–H and O–H groups in total. The van der Waals surface area contributed by atoms with Gasteiger partial charge in [0.15, 0.2) is 5.82 Å². The highest BCUT2D eigenvalue weighted by Gasteiger charge is 2.19. The average Bonchev–Trinajstić information content (AvgIpc) is 3.13. The Morgan fingerprint density at radius 2 is 1.90 bits per heavy atom. The Balaban J connectivity index is 1.58. The van der Waals surface area contributed by atoms with Crippen molar-refractivity contribution >= 4 is 28.6 Å². The lowest BCUT2D eigenvalue weighted by molar-refractivity contribution is -0.116. The highest BCUT2D eigenvalue weighted by atomic mass is 16.2. The molecule has 0 bridgehead atoms. The number of hydrogen-bond donors (Lipinski definition) is 1. The third-order valence-corrected chi connectivity index (χ3v) is 5.67. The van der Waals surface area contributed by atoms with E-state index in [9.17, 15) is 9.59 Å². The van der Waals surface area contributed by atoms with Crippen LogP contribution in [0.5, 0.6) is 0 Å². The van der Waals surface area contributed by atoms with Gasteiger partial charge in [0.25, 0.3) is 5.56 Å². The number of carbonyl (C=O) groups is 1. The molecule has 0 aliphatic carbocycles. The second-order valence-corrected chi connectivity index (χ2v) is 8.44.